The van der Waals surface area contributed by atoms with Crippen LogP contribution in [0, 0.1) is 0 Å². The molecule has 1 amide bonds. The summed E-state index contributed by atoms with van der Waals surface area (Å²) in [5, 5.41) is 10.5. The summed E-state index contributed by atoms with van der Waals surface area (Å²) in [5.41, 5.74) is 0. The smallest absolute Gasteiger partial charge is 0.255 e. The van der Waals surface area contributed by atoms with Gasteiger partial charge < -0.3 is 19.1 Å². The fourth-order valence-corrected chi connectivity index (χ4v) is 2.47. The number of nitrogens with one attached hydrogen (secondary N) is 1. The molecular formula is C14H17ClN4O4. The van der Waals surface area contributed by atoms with Crippen LogP contribution in [0.4, 0.5) is 0 Å². The molecule has 1 aliphatic heterocycles. The van der Waals surface area contributed by atoms with E-state index < -0.39 is 0 Å². The zero-order valence-corrected chi connectivity index (χ0v) is 13.2. The molecule has 1 atom stereocenters. The molecule has 0 saturated carbocycles. The van der Waals surface area contributed by atoms with Crippen molar-refractivity contribution in [2.45, 2.75) is 38.2 Å². The number of nitrogens with zero attached hydrogens (tertiary/aromatic N) is 3. The van der Waals surface area contributed by atoms with E-state index in [4.69, 9.17) is 25.4 Å². The van der Waals surface area contributed by atoms with Crippen LogP contribution in [0.25, 0.3) is 0 Å². The lowest BCUT2D eigenvalue weighted by Crippen LogP contribution is -2.26. The number of hydrogen-bond acceptors (Lipinski definition) is 7. The molecule has 0 bridgehead atoms. The largest absolute Gasteiger partial charge is 0.368 e. The second-order valence-electron chi connectivity index (χ2n) is 5.27. The van der Waals surface area contributed by atoms with Crippen LogP contribution in [0.2, 0.25) is 5.15 Å². The second kappa shape index (κ2) is 7.56. The first-order valence-electron chi connectivity index (χ1n) is 7.52. The Morgan fingerprint density at radius 2 is 2.26 bits per heavy atom. The van der Waals surface area contributed by atoms with Gasteiger partial charge in [-0.05, 0) is 12.8 Å². The molecule has 3 heterocycles. The molecule has 23 heavy (non-hydrogen) atoms. The molecule has 0 radical (unpaired) electrons. The van der Waals surface area contributed by atoms with Crippen molar-refractivity contribution >= 4 is 17.5 Å². The number of carbonyl (C=O) groups is 1. The van der Waals surface area contributed by atoms with E-state index >= 15 is 0 Å². The Morgan fingerprint density at radius 3 is 3.00 bits per heavy atom. The van der Waals surface area contributed by atoms with Crippen molar-refractivity contribution in [1.82, 2.24) is 20.6 Å². The van der Waals surface area contributed by atoms with Gasteiger partial charge in [-0.15, -0.1) is 0 Å². The van der Waals surface area contributed by atoms with Crippen LogP contribution in [0.15, 0.2) is 15.1 Å². The molecule has 3 rings (SSSR count). The maximum Gasteiger partial charge on any atom is 0.255 e. The molecular weight excluding hydrogens is 324 g/mol. The van der Waals surface area contributed by atoms with E-state index in [1.54, 1.807) is 6.07 Å². The topological polar surface area (TPSA) is 103 Å². The van der Waals surface area contributed by atoms with Crippen molar-refractivity contribution in [2.24, 2.45) is 0 Å². The lowest BCUT2D eigenvalue weighted by molar-refractivity contribution is -0.121. The Kier molecular flexibility index (Phi) is 5.24. The number of amides is 1. The Balaban J connectivity index is 1.36. The van der Waals surface area contributed by atoms with E-state index in [1.807, 2.05) is 0 Å². The van der Waals surface area contributed by atoms with Crippen molar-refractivity contribution in [2.75, 3.05) is 13.2 Å². The van der Waals surface area contributed by atoms with Crippen LogP contribution >= 0.6 is 11.6 Å². The fraction of sp³-hybridized carbons (Fsp3) is 0.571. The predicted molar refractivity (Wildman–Crippen MR) is 78.8 cm³/mol. The molecule has 124 valence electrons. The van der Waals surface area contributed by atoms with Crippen molar-refractivity contribution < 1.29 is 18.6 Å². The first kappa shape index (κ1) is 15.9. The van der Waals surface area contributed by atoms with Gasteiger partial charge in [0.15, 0.2) is 11.0 Å². The van der Waals surface area contributed by atoms with E-state index in [0.29, 0.717) is 48.4 Å². The highest BCUT2D eigenvalue weighted by Crippen LogP contribution is 2.26. The van der Waals surface area contributed by atoms with E-state index in [-0.39, 0.29) is 12.0 Å². The lowest BCUT2D eigenvalue weighted by atomic mass is 10.2. The SMILES string of the molecule is O=C(CCc1cc(Cl)no1)NCCc1noc([C@@H]2CCCO2)n1. The highest BCUT2D eigenvalue weighted by molar-refractivity contribution is 6.29. The molecule has 9 heteroatoms. The third kappa shape index (κ3) is 4.52. The first-order chi connectivity index (χ1) is 11.2. The second-order valence-corrected chi connectivity index (χ2v) is 5.65. The van der Waals surface area contributed by atoms with Crippen LogP contribution in [0.3, 0.4) is 0 Å². The van der Waals surface area contributed by atoms with Crippen molar-refractivity contribution in [1.29, 1.82) is 0 Å². The minimum absolute atomic E-state index is 0.0830. The number of ether oxygens (including phenoxy) is 1. The lowest BCUT2D eigenvalue weighted by Gasteiger charge is -2.02. The van der Waals surface area contributed by atoms with Gasteiger partial charge in [0.05, 0.1) is 0 Å². The average Bonchev–Trinajstić information content (AvgIpc) is 3.26. The molecule has 0 spiro atoms. The van der Waals surface area contributed by atoms with Crippen LogP contribution in [-0.2, 0) is 22.4 Å². The normalized spacial score (nSPS) is 17.5. The molecule has 2 aromatic rings. The molecule has 8 nitrogen and oxygen atoms in total. The fourth-order valence-electron chi connectivity index (χ4n) is 2.32. The van der Waals surface area contributed by atoms with Crippen molar-refractivity contribution in [3.63, 3.8) is 0 Å². The van der Waals surface area contributed by atoms with Gasteiger partial charge in [-0.3, -0.25) is 4.79 Å². The molecule has 1 saturated heterocycles. The zero-order valence-electron chi connectivity index (χ0n) is 12.5. The Labute approximate surface area is 137 Å². The molecule has 1 aliphatic rings. The first-order valence-corrected chi connectivity index (χ1v) is 7.90. The van der Waals surface area contributed by atoms with Gasteiger partial charge in [0, 0.05) is 38.5 Å². The molecule has 1 N–H and O–H groups in total. The quantitative estimate of drug-likeness (QED) is 0.820. The summed E-state index contributed by atoms with van der Waals surface area (Å²) in [6.07, 6.45) is 3.10. The number of halogens is 1. The number of aromatic nitrogens is 3. The van der Waals surface area contributed by atoms with Gasteiger partial charge in [-0.2, -0.15) is 4.98 Å². The highest BCUT2D eigenvalue weighted by atomic mass is 35.5. The van der Waals surface area contributed by atoms with Crippen LogP contribution in [0.5, 0.6) is 0 Å². The summed E-state index contributed by atoms with van der Waals surface area (Å²) >= 11 is 5.64. The van der Waals surface area contributed by atoms with Gasteiger partial charge in [-0.1, -0.05) is 21.9 Å². The number of carbonyl (C=O) groups excluding carboxylic acids is 1. The summed E-state index contributed by atoms with van der Waals surface area (Å²) in [5.74, 6) is 1.59. The minimum atomic E-state index is -0.0837. The third-order valence-corrected chi connectivity index (χ3v) is 3.67. The number of rotatable bonds is 7. The summed E-state index contributed by atoms with van der Waals surface area (Å²) in [6.45, 7) is 1.18. The number of hydrogen-bond donors (Lipinski definition) is 1. The number of aryl methyl sites for hydroxylation is 1. The summed E-state index contributed by atoms with van der Waals surface area (Å²) < 4.78 is 15.6. The van der Waals surface area contributed by atoms with E-state index in [2.05, 4.69) is 20.6 Å². The standard InChI is InChI=1S/C14H17ClN4O4/c15-11-8-9(22-18-11)3-4-13(20)16-6-5-12-17-14(23-19-12)10-2-1-7-21-10/h8,10H,1-7H2,(H,16,20)/t10-/m0/s1. The molecule has 0 aromatic carbocycles. The zero-order chi connectivity index (χ0) is 16.1. The van der Waals surface area contributed by atoms with Gasteiger partial charge in [0.1, 0.15) is 11.9 Å². The summed E-state index contributed by atoms with van der Waals surface area (Å²) in [6, 6.07) is 1.60. The van der Waals surface area contributed by atoms with Crippen molar-refractivity contribution in [3.8, 4) is 0 Å². The van der Waals surface area contributed by atoms with Gasteiger partial charge in [0.2, 0.25) is 5.91 Å². The third-order valence-electron chi connectivity index (χ3n) is 3.49. The van der Waals surface area contributed by atoms with Crippen LogP contribution in [0.1, 0.15) is 42.8 Å². The Morgan fingerprint density at radius 1 is 1.35 bits per heavy atom. The minimum Gasteiger partial charge on any atom is -0.368 e. The van der Waals surface area contributed by atoms with E-state index in [1.165, 1.54) is 0 Å². The highest BCUT2D eigenvalue weighted by Gasteiger charge is 2.23. The molecule has 1 fully saturated rings. The molecule has 0 unspecified atom stereocenters. The van der Waals surface area contributed by atoms with Crippen LogP contribution < -0.4 is 5.32 Å². The van der Waals surface area contributed by atoms with E-state index in [0.717, 1.165) is 19.4 Å². The maximum atomic E-state index is 11.7. The monoisotopic (exact) mass is 340 g/mol. The van der Waals surface area contributed by atoms with Gasteiger partial charge in [0.25, 0.3) is 5.89 Å². The predicted octanol–water partition coefficient (Wildman–Crippen LogP) is 1.85. The molecule has 0 aliphatic carbocycles. The van der Waals surface area contributed by atoms with Crippen molar-refractivity contribution in [3.05, 3.63) is 28.7 Å². The summed E-state index contributed by atoms with van der Waals surface area (Å²) in [4.78, 5) is 16.0. The Bertz CT molecular complexity index is 651. The maximum absolute atomic E-state index is 11.7. The molecule has 2 aromatic heterocycles. The Hall–Kier alpha value is -1.93. The van der Waals surface area contributed by atoms with Crippen LogP contribution in [-0.4, -0.2) is 34.4 Å². The van der Waals surface area contributed by atoms with Gasteiger partial charge >= 0.3 is 0 Å². The van der Waals surface area contributed by atoms with Gasteiger partial charge in [-0.25, -0.2) is 0 Å². The average molecular weight is 341 g/mol. The van der Waals surface area contributed by atoms with E-state index in [9.17, 15) is 4.79 Å². The summed E-state index contributed by atoms with van der Waals surface area (Å²) in [7, 11) is 0.